The molecule has 1 amide bonds. The summed E-state index contributed by atoms with van der Waals surface area (Å²) in [6.07, 6.45) is -3.51. The van der Waals surface area contributed by atoms with E-state index in [1.54, 1.807) is 13.1 Å². The highest BCUT2D eigenvalue weighted by atomic mass is 19.4. The lowest BCUT2D eigenvalue weighted by Crippen LogP contribution is -2.40. The summed E-state index contributed by atoms with van der Waals surface area (Å²) >= 11 is 0. The minimum atomic E-state index is -4.43. The maximum absolute atomic E-state index is 12.9. The minimum absolute atomic E-state index is 0.107. The van der Waals surface area contributed by atoms with E-state index in [1.165, 1.54) is 18.1 Å². The predicted octanol–water partition coefficient (Wildman–Crippen LogP) is 3.03. The van der Waals surface area contributed by atoms with Gasteiger partial charge in [-0.2, -0.15) is 13.2 Å². The molecule has 0 saturated carbocycles. The molecule has 0 aromatic heterocycles. The number of halogens is 3. The van der Waals surface area contributed by atoms with Crippen LogP contribution in [0.2, 0.25) is 0 Å². The fourth-order valence-electron chi connectivity index (χ4n) is 2.66. The van der Waals surface area contributed by atoms with Gasteiger partial charge in [0, 0.05) is 20.8 Å². The third kappa shape index (κ3) is 4.23. The van der Waals surface area contributed by atoms with Crippen LogP contribution in [0.1, 0.15) is 30.0 Å². The van der Waals surface area contributed by atoms with Crippen LogP contribution in [-0.4, -0.2) is 44.3 Å². The lowest BCUT2D eigenvalue weighted by atomic mass is 10.0. The van der Waals surface area contributed by atoms with Gasteiger partial charge >= 0.3 is 6.18 Å². The first-order valence-corrected chi connectivity index (χ1v) is 7.39. The van der Waals surface area contributed by atoms with Crippen LogP contribution in [-0.2, 0) is 20.4 Å². The van der Waals surface area contributed by atoms with Crippen molar-refractivity contribution in [2.24, 2.45) is 0 Å². The van der Waals surface area contributed by atoms with Crippen molar-refractivity contribution < 1.29 is 27.4 Å². The summed E-state index contributed by atoms with van der Waals surface area (Å²) in [4.78, 5) is 13.9. The average molecular weight is 331 g/mol. The van der Waals surface area contributed by atoms with Crippen LogP contribution < -0.4 is 0 Å². The zero-order chi connectivity index (χ0) is 17.0. The second-order valence-electron chi connectivity index (χ2n) is 5.55. The van der Waals surface area contributed by atoms with Gasteiger partial charge in [0.05, 0.1) is 18.2 Å². The number of benzene rings is 1. The molecular formula is C16H20F3NO3. The van der Waals surface area contributed by atoms with E-state index in [-0.39, 0.29) is 12.5 Å². The topological polar surface area (TPSA) is 38.8 Å². The number of methoxy groups -OCH3 is 1. The molecule has 23 heavy (non-hydrogen) atoms. The standard InChI is InChI=1S/C16H20F3NO3/c1-20(15(21)14-7-4-8-23-14)13(10-22-2)11-5-3-6-12(9-11)16(17,18)19/h3,5-6,9,13-14H,4,7-8,10H2,1-2H3/t13-,14-/m1/s1. The second-order valence-corrected chi connectivity index (χ2v) is 5.55. The van der Waals surface area contributed by atoms with Gasteiger partial charge in [-0.1, -0.05) is 12.1 Å². The fourth-order valence-corrected chi connectivity index (χ4v) is 2.66. The Balaban J connectivity index is 2.25. The first-order chi connectivity index (χ1) is 10.8. The molecule has 1 aliphatic rings. The maximum atomic E-state index is 12.9. The molecule has 0 radical (unpaired) electrons. The summed E-state index contributed by atoms with van der Waals surface area (Å²) in [7, 11) is 3.01. The van der Waals surface area contributed by atoms with Gasteiger partial charge in [0.2, 0.25) is 0 Å². The van der Waals surface area contributed by atoms with Crippen LogP contribution in [0.5, 0.6) is 0 Å². The Bertz CT molecular complexity index is 542. The van der Waals surface area contributed by atoms with Gasteiger partial charge in [-0.25, -0.2) is 0 Å². The smallest absolute Gasteiger partial charge is 0.382 e. The lowest BCUT2D eigenvalue weighted by Gasteiger charge is -2.30. The van der Waals surface area contributed by atoms with E-state index in [4.69, 9.17) is 9.47 Å². The van der Waals surface area contributed by atoms with Crippen molar-refractivity contribution in [1.82, 2.24) is 4.90 Å². The highest BCUT2D eigenvalue weighted by Crippen LogP contribution is 2.32. The molecule has 1 aromatic carbocycles. The molecule has 0 unspecified atom stereocenters. The van der Waals surface area contributed by atoms with Crippen molar-refractivity contribution in [3.63, 3.8) is 0 Å². The molecule has 7 heteroatoms. The van der Waals surface area contributed by atoms with E-state index in [2.05, 4.69) is 0 Å². The van der Waals surface area contributed by atoms with Crippen LogP contribution >= 0.6 is 0 Å². The number of rotatable bonds is 5. The van der Waals surface area contributed by atoms with E-state index in [0.29, 0.717) is 18.6 Å². The summed E-state index contributed by atoms with van der Waals surface area (Å²) in [6.45, 7) is 0.638. The van der Waals surface area contributed by atoms with Gasteiger partial charge in [-0.15, -0.1) is 0 Å². The molecule has 1 aromatic rings. The third-order valence-corrected chi connectivity index (χ3v) is 3.94. The van der Waals surface area contributed by atoms with E-state index in [1.807, 2.05) is 0 Å². The summed E-state index contributed by atoms with van der Waals surface area (Å²) < 4.78 is 49.1. The van der Waals surface area contributed by atoms with Gasteiger partial charge in [-0.3, -0.25) is 4.79 Å². The number of carbonyl (C=O) groups is 1. The molecule has 4 nitrogen and oxygen atoms in total. The molecule has 1 aliphatic heterocycles. The quantitative estimate of drug-likeness (QED) is 0.832. The molecule has 1 fully saturated rings. The number of hydrogen-bond acceptors (Lipinski definition) is 3. The molecule has 2 rings (SSSR count). The number of amides is 1. The Morgan fingerprint density at radius 2 is 2.22 bits per heavy atom. The number of nitrogens with zero attached hydrogens (tertiary/aromatic N) is 1. The van der Waals surface area contributed by atoms with E-state index >= 15 is 0 Å². The van der Waals surface area contributed by atoms with Crippen molar-refractivity contribution in [3.8, 4) is 0 Å². The number of carbonyl (C=O) groups excluding carboxylic acids is 1. The number of alkyl halides is 3. The Labute approximate surface area is 133 Å². The largest absolute Gasteiger partial charge is 0.416 e. The molecule has 0 spiro atoms. The SMILES string of the molecule is COC[C@H](c1cccc(C(F)(F)F)c1)N(C)C(=O)[C@H]1CCCO1. The molecule has 1 saturated heterocycles. The predicted molar refractivity (Wildman–Crippen MR) is 77.8 cm³/mol. The van der Waals surface area contributed by atoms with Crippen LogP contribution in [0, 0.1) is 0 Å². The zero-order valence-electron chi connectivity index (χ0n) is 13.1. The van der Waals surface area contributed by atoms with Crippen molar-refractivity contribution in [1.29, 1.82) is 0 Å². The monoisotopic (exact) mass is 331 g/mol. The van der Waals surface area contributed by atoms with Crippen molar-refractivity contribution in [3.05, 3.63) is 35.4 Å². The Morgan fingerprint density at radius 3 is 2.78 bits per heavy atom. The Kier molecular flexibility index (Phi) is 5.64. The van der Waals surface area contributed by atoms with Crippen LogP contribution in [0.15, 0.2) is 24.3 Å². The highest BCUT2D eigenvalue weighted by Gasteiger charge is 2.33. The van der Waals surface area contributed by atoms with E-state index < -0.39 is 23.9 Å². The summed E-state index contributed by atoms with van der Waals surface area (Å²) in [6, 6.07) is 4.38. The number of hydrogen-bond donors (Lipinski definition) is 0. The first kappa shape index (κ1) is 17.7. The molecule has 0 N–H and O–H groups in total. The molecule has 2 atom stereocenters. The molecule has 0 aliphatic carbocycles. The van der Waals surface area contributed by atoms with Gasteiger partial charge in [0.25, 0.3) is 5.91 Å². The highest BCUT2D eigenvalue weighted by molar-refractivity contribution is 5.81. The summed E-state index contributed by atoms with van der Waals surface area (Å²) in [5, 5.41) is 0. The zero-order valence-corrected chi connectivity index (χ0v) is 13.1. The van der Waals surface area contributed by atoms with Gasteiger partial charge in [0.1, 0.15) is 6.10 Å². The average Bonchev–Trinajstić information content (AvgIpc) is 3.05. The fraction of sp³-hybridized carbons (Fsp3) is 0.562. The third-order valence-electron chi connectivity index (χ3n) is 3.94. The van der Waals surface area contributed by atoms with Gasteiger partial charge in [-0.05, 0) is 30.5 Å². The Hall–Kier alpha value is -1.60. The molecular weight excluding hydrogens is 311 g/mol. The van der Waals surface area contributed by atoms with Gasteiger partial charge in [0.15, 0.2) is 0 Å². The first-order valence-electron chi connectivity index (χ1n) is 7.39. The van der Waals surface area contributed by atoms with Crippen molar-refractivity contribution in [2.75, 3.05) is 27.4 Å². The van der Waals surface area contributed by atoms with E-state index in [0.717, 1.165) is 18.6 Å². The lowest BCUT2D eigenvalue weighted by molar-refractivity contribution is -0.143. The van der Waals surface area contributed by atoms with Crippen molar-refractivity contribution in [2.45, 2.75) is 31.2 Å². The van der Waals surface area contributed by atoms with Gasteiger partial charge < -0.3 is 14.4 Å². The van der Waals surface area contributed by atoms with E-state index in [9.17, 15) is 18.0 Å². The second kappa shape index (κ2) is 7.31. The Morgan fingerprint density at radius 1 is 1.48 bits per heavy atom. The summed E-state index contributed by atoms with van der Waals surface area (Å²) in [5.74, 6) is -0.234. The minimum Gasteiger partial charge on any atom is -0.382 e. The maximum Gasteiger partial charge on any atom is 0.416 e. The van der Waals surface area contributed by atoms with Crippen molar-refractivity contribution >= 4 is 5.91 Å². The van der Waals surface area contributed by atoms with Crippen LogP contribution in [0.25, 0.3) is 0 Å². The van der Waals surface area contributed by atoms with Crippen LogP contribution in [0.3, 0.4) is 0 Å². The number of likely N-dealkylation sites (N-methyl/N-ethyl adjacent to an activating group) is 1. The van der Waals surface area contributed by atoms with Crippen LogP contribution in [0.4, 0.5) is 13.2 Å². The molecule has 1 heterocycles. The normalized spacial score (nSPS) is 19.6. The molecule has 128 valence electrons. The molecule has 0 bridgehead atoms. The summed E-state index contributed by atoms with van der Waals surface area (Å²) in [5.41, 5.74) is -0.357. The number of ether oxygens (including phenoxy) is 2.